The van der Waals surface area contributed by atoms with Gasteiger partial charge in [-0.15, -0.1) is 0 Å². The van der Waals surface area contributed by atoms with E-state index in [0.717, 1.165) is 29.5 Å². The highest BCUT2D eigenvalue weighted by Crippen LogP contribution is 2.28. The molecule has 102 valence electrons. The first kappa shape index (κ1) is 13.6. The average molecular weight is 277 g/mol. The van der Waals surface area contributed by atoms with E-state index in [0.29, 0.717) is 16.6 Å². The van der Waals surface area contributed by atoms with Crippen molar-refractivity contribution in [2.75, 3.05) is 29.9 Å². The molecule has 0 saturated carbocycles. The fraction of sp³-hybridized carbons (Fsp3) is 0.308. The fourth-order valence-electron chi connectivity index (χ4n) is 1.80. The van der Waals surface area contributed by atoms with Gasteiger partial charge in [-0.1, -0.05) is 18.3 Å². The maximum Gasteiger partial charge on any atom is 0.161 e. The molecule has 0 spiro atoms. The summed E-state index contributed by atoms with van der Waals surface area (Å²) in [6.45, 7) is 7.30. The van der Waals surface area contributed by atoms with Crippen molar-refractivity contribution in [2.24, 2.45) is 4.99 Å². The number of thioether (sulfide) groups is 1. The normalized spacial score (nSPS) is 17.9. The lowest BCUT2D eigenvalue weighted by Gasteiger charge is -2.12. The summed E-state index contributed by atoms with van der Waals surface area (Å²) in [5, 5.41) is 7.77. The first-order valence-corrected chi connectivity index (χ1v) is 6.96. The number of nitrogens with zero attached hydrogens (tertiary/aromatic N) is 1. The number of aryl methyl sites for hydroxylation is 1. The molecule has 1 aliphatic heterocycles. The standard InChI is InChI=1S/C13H19N5S/c1-3-16-6-9-7-17-13(19-9)18-12-5-11(15)10(14)4-8(12)2/h3-5,9,16H,1,6-7,14-15H2,2H3,(H,17,18). The van der Waals surface area contributed by atoms with E-state index in [4.69, 9.17) is 11.5 Å². The monoisotopic (exact) mass is 277 g/mol. The van der Waals surface area contributed by atoms with E-state index < -0.39 is 0 Å². The molecular weight excluding hydrogens is 258 g/mol. The average Bonchev–Trinajstić information content (AvgIpc) is 2.81. The molecule has 0 amide bonds. The number of rotatable bonds is 4. The van der Waals surface area contributed by atoms with Crippen LogP contribution in [0, 0.1) is 6.92 Å². The SMILES string of the molecule is C=CNCC1CN=C(Nc2cc(N)c(N)cc2C)S1. The van der Waals surface area contributed by atoms with Gasteiger partial charge in [-0.05, 0) is 30.8 Å². The molecule has 0 radical (unpaired) electrons. The van der Waals surface area contributed by atoms with Crippen molar-refractivity contribution >= 4 is 34.0 Å². The van der Waals surface area contributed by atoms with Crippen molar-refractivity contribution < 1.29 is 0 Å². The van der Waals surface area contributed by atoms with Crippen LogP contribution in [0.4, 0.5) is 17.1 Å². The van der Waals surface area contributed by atoms with Crippen LogP contribution < -0.4 is 22.1 Å². The molecule has 1 aliphatic rings. The van der Waals surface area contributed by atoms with Gasteiger partial charge < -0.3 is 22.1 Å². The Balaban J connectivity index is 1.99. The number of hydrogen-bond acceptors (Lipinski definition) is 6. The van der Waals surface area contributed by atoms with Crippen LogP contribution in [0.25, 0.3) is 0 Å². The van der Waals surface area contributed by atoms with Crippen molar-refractivity contribution in [3.8, 4) is 0 Å². The zero-order valence-electron chi connectivity index (χ0n) is 10.9. The molecule has 0 aromatic heterocycles. The summed E-state index contributed by atoms with van der Waals surface area (Å²) in [5.74, 6) is 0. The summed E-state index contributed by atoms with van der Waals surface area (Å²) in [4.78, 5) is 4.48. The van der Waals surface area contributed by atoms with Crippen molar-refractivity contribution in [1.29, 1.82) is 0 Å². The molecule has 5 nitrogen and oxygen atoms in total. The number of nitrogens with two attached hydrogens (primary N) is 2. The van der Waals surface area contributed by atoms with E-state index in [2.05, 4.69) is 22.2 Å². The van der Waals surface area contributed by atoms with Crippen molar-refractivity contribution in [2.45, 2.75) is 12.2 Å². The summed E-state index contributed by atoms with van der Waals surface area (Å²) in [5.41, 5.74) is 14.8. The minimum atomic E-state index is 0.437. The Hall–Kier alpha value is -1.82. The highest BCUT2D eigenvalue weighted by Gasteiger charge is 2.19. The predicted molar refractivity (Wildman–Crippen MR) is 85.5 cm³/mol. The van der Waals surface area contributed by atoms with Gasteiger partial charge in [0.25, 0.3) is 0 Å². The molecule has 1 heterocycles. The summed E-state index contributed by atoms with van der Waals surface area (Å²) in [6.07, 6.45) is 1.71. The lowest BCUT2D eigenvalue weighted by Crippen LogP contribution is -2.21. The Labute approximate surface area is 117 Å². The van der Waals surface area contributed by atoms with Gasteiger partial charge in [0.2, 0.25) is 0 Å². The fourth-order valence-corrected chi connectivity index (χ4v) is 2.77. The highest BCUT2D eigenvalue weighted by atomic mass is 32.2. The van der Waals surface area contributed by atoms with Gasteiger partial charge in [-0.3, -0.25) is 4.99 Å². The van der Waals surface area contributed by atoms with Crippen LogP contribution in [-0.2, 0) is 0 Å². The number of hydrogen-bond donors (Lipinski definition) is 4. The molecule has 1 atom stereocenters. The quantitative estimate of drug-likeness (QED) is 0.630. The third kappa shape index (κ3) is 3.35. The molecule has 1 aromatic carbocycles. The molecule has 6 heteroatoms. The maximum atomic E-state index is 5.82. The van der Waals surface area contributed by atoms with Crippen LogP contribution >= 0.6 is 11.8 Å². The van der Waals surface area contributed by atoms with Crippen LogP contribution in [0.2, 0.25) is 0 Å². The lowest BCUT2D eigenvalue weighted by molar-refractivity contribution is 0.790. The molecule has 2 rings (SSSR count). The van der Waals surface area contributed by atoms with Crippen molar-refractivity contribution in [3.63, 3.8) is 0 Å². The Bertz CT molecular complexity index is 512. The summed E-state index contributed by atoms with van der Waals surface area (Å²) >= 11 is 1.72. The van der Waals surface area contributed by atoms with E-state index in [1.165, 1.54) is 0 Å². The smallest absolute Gasteiger partial charge is 0.161 e. The molecule has 1 unspecified atom stereocenters. The third-order valence-corrected chi connectivity index (χ3v) is 3.98. The van der Waals surface area contributed by atoms with Gasteiger partial charge >= 0.3 is 0 Å². The van der Waals surface area contributed by atoms with E-state index >= 15 is 0 Å². The predicted octanol–water partition coefficient (Wildman–Crippen LogP) is 1.78. The van der Waals surface area contributed by atoms with Gasteiger partial charge in [0, 0.05) is 17.5 Å². The van der Waals surface area contributed by atoms with Crippen LogP contribution in [0.1, 0.15) is 5.56 Å². The summed E-state index contributed by atoms with van der Waals surface area (Å²) in [7, 11) is 0. The summed E-state index contributed by atoms with van der Waals surface area (Å²) < 4.78 is 0. The molecule has 1 aromatic rings. The zero-order valence-corrected chi connectivity index (χ0v) is 11.8. The molecule has 6 N–H and O–H groups in total. The molecule has 19 heavy (non-hydrogen) atoms. The lowest BCUT2D eigenvalue weighted by atomic mass is 10.1. The topological polar surface area (TPSA) is 88.5 Å². The number of aliphatic imine (C=N–C) groups is 1. The number of nitrogens with one attached hydrogen (secondary N) is 2. The molecule has 0 aliphatic carbocycles. The van der Waals surface area contributed by atoms with Gasteiger partial charge in [-0.25, -0.2) is 0 Å². The first-order valence-electron chi connectivity index (χ1n) is 6.08. The Morgan fingerprint density at radius 1 is 1.47 bits per heavy atom. The van der Waals surface area contributed by atoms with Gasteiger partial charge in [-0.2, -0.15) is 0 Å². The molecule has 0 fully saturated rings. The van der Waals surface area contributed by atoms with Crippen LogP contribution in [0.15, 0.2) is 29.9 Å². The van der Waals surface area contributed by atoms with E-state index in [1.807, 2.05) is 19.1 Å². The summed E-state index contributed by atoms with van der Waals surface area (Å²) in [6, 6.07) is 3.72. The van der Waals surface area contributed by atoms with Crippen LogP contribution in [0.5, 0.6) is 0 Å². The Kier molecular flexibility index (Phi) is 4.21. The molecule has 0 saturated heterocycles. The maximum absolute atomic E-state index is 5.82. The van der Waals surface area contributed by atoms with Crippen molar-refractivity contribution in [1.82, 2.24) is 5.32 Å². The second-order valence-corrected chi connectivity index (χ2v) is 5.71. The first-order chi connectivity index (χ1) is 9.10. The van der Waals surface area contributed by atoms with Gasteiger partial charge in [0.1, 0.15) is 0 Å². The van der Waals surface area contributed by atoms with Crippen LogP contribution in [0.3, 0.4) is 0 Å². The van der Waals surface area contributed by atoms with Gasteiger partial charge in [0.05, 0.1) is 17.9 Å². The second-order valence-electron chi connectivity index (χ2n) is 4.42. The molecule has 0 bridgehead atoms. The highest BCUT2D eigenvalue weighted by molar-refractivity contribution is 8.15. The number of anilines is 3. The number of nitrogen functional groups attached to an aromatic ring is 2. The largest absolute Gasteiger partial charge is 0.397 e. The molecular formula is C13H19N5S. The number of amidine groups is 1. The van der Waals surface area contributed by atoms with Gasteiger partial charge in [0.15, 0.2) is 5.17 Å². The second kappa shape index (κ2) is 5.88. The zero-order chi connectivity index (χ0) is 13.8. The van der Waals surface area contributed by atoms with Crippen molar-refractivity contribution in [3.05, 3.63) is 30.5 Å². The van der Waals surface area contributed by atoms with E-state index in [9.17, 15) is 0 Å². The van der Waals surface area contributed by atoms with Crippen LogP contribution in [-0.4, -0.2) is 23.5 Å². The van der Waals surface area contributed by atoms with E-state index in [1.54, 1.807) is 18.0 Å². The number of benzene rings is 1. The third-order valence-electron chi connectivity index (χ3n) is 2.88. The Morgan fingerprint density at radius 2 is 2.21 bits per heavy atom. The Morgan fingerprint density at radius 3 is 2.95 bits per heavy atom. The van der Waals surface area contributed by atoms with E-state index in [-0.39, 0.29) is 0 Å². The minimum Gasteiger partial charge on any atom is -0.397 e. The minimum absolute atomic E-state index is 0.437.